The molecule has 0 saturated heterocycles. The summed E-state index contributed by atoms with van der Waals surface area (Å²) in [6.45, 7) is 0. The molecule has 11 heteroatoms. The fourth-order valence-electron chi connectivity index (χ4n) is 2.27. The lowest BCUT2D eigenvalue weighted by atomic mass is 10.3. The largest absolute Gasteiger partial charge is 0.459 e. The second-order valence-corrected chi connectivity index (χ2v) is 7.58. The topological polar surface area (TPSA) is 132 Å². The first-order chi connectivity index (χ1) is 13.3. The van der Waals surface area contributed by atoms with Crippen LogP contribution < -0.4 is 10.0 Å². The van der Waals surface area contributed by atoms with Crippen LogP contribution in [0.3, 0.4) is 0 Å². The van der Waals surface area contributed by atoms with E-state index in [1.54, 1.807) is 12.1 Å². The molecule has 2 N–H and O–H groups in total. The molecule has 1 aromatic heterocycles. The van der Waals surface area contributed by atoms with Gasteiger partial charge in [0.25, 0.3) is 21.6 Å². The minimum atomic E-state index is -4.12. The highest BCUT2D eigenvalue weighted by atomic mass is 35.5. The van der Waals surface area contributed by atoms with Gasteiger partial charge in [-0.25, -0.2) is 8.42 Å². The number of hydrogen-bond acceptors (Lipinski definition) is 6. The number of carbonyl (C=O) groups excluding carboxylic acids is 1. The molecule has 2 aromatic carbocycles. The zero-order valence-electron chi connectivity index (χ0n) is 14.0. The van der Waals surface area contributed by atoms with Crippen LogP contribution in [0.1, 0.15) is 10.6 Å². The summed E-state index contributed by atoms with van der Waals surface area (Å²) < 4.78 is 32.3. The monoisotopic (exact) mass is 421 g/mol. The van der Waals surface area contributed by atoms with Crippen molar-refractivity contribution in [3.63, 3.8) is 0 Å². The van der Waals surface area contributed by atoms with Crippen molar-refractivity contribution in [2.75, 3.05) is 10.0 Å². The van der Waals surface area contributed by atoms with E-state index in [0.717, 1.165) is 18.2 Å². The molecule has 0 aliphatic rings. The molecule has 0 saturated carbocycles. The number of anilines is 2. The summed E-state index contributed by atoms with van der Waals surface area (Å²) in [5.74, 6) is -0.405. The van der Waals surface area contributed by atoms with Crippen molar-refractivity contribution in [1.29, 1.82) is 0 Å². The first kappa shape index (κ1) is 19.4. The molecule has 144 valence electrons. The van der Waals surface area contributed by atoms with Gasteiger partial charge in [-0.1, -0.05) is 17.7 Å². The number of rotatable bonds is 6. The standard InChI is InChI=1S/C17H12ClN3O6S/c18-14-7-6-13(10-15(14)21(23)24)28(25,26)20-12-4-1-3-11(9-12)19-17(22)16-5-2-8-27-16/h1-10,20H,(H,19,22). The number of nitrogens with one attached hydrogen (secondary N) is 2. The second kappa shape index (κ2) is 7.71. The van der Waals surface area contributed by atoms with E-state index in [2.05, 4.69) is 10.0 Å². The van der Waals surface area contributed by atoms with Crippen molar-refractivity contribution in [1.82, 2.24) is 0 Å². The van der Waals surface area contributed by atoms with Crippen LogP contribution in [0, 0.1) is 10.1 Å². The highest BCUT2D eigenvalue weighted by molar-refractivity contribution is 7.92. The molecule has 3 aromatic rings. The first-order valence-electron chi connectivity index (χ1n) is 7.68. The van der Waals surface area contributed by atoms with Crippen molar-refractivity contribution >= 4 is 44.6 Å². The highest BCUT2D eigenvalue weighted by Crippen LogP contribution is 2.28. The summed E-state index contributed by atoms with van der Waals surface area (Å²) in [5.41, 5.74) is -0.0532. The molecule has 3 rings (SSSR count). The van der Waals surface area contributed by atoms with E-state index in [9.17, 15) is 23.3 Å². The van der Waals surface area contributed by atoms with E-state index in [4.69, 9.17) is 16.0 Å². The Kier molecular flexibility index (Phi) is 5.34. The number of carbonyl (C=O) groups is 1. The number of furan rings is 1. The van der Waals surface area contributed by atoms with Crippen LogP contribution in [0.2, 0.25) is 5.02 Å². The normalized spacial score (nSPS) is 11.0. The lowest BCUT2D eigenvalue weighted by molar-refractivity contribution is -0.384. The quantitative estimate of drug-likeness (QED) is 0.458. The van der Waals surface area contributed by atoms with Crippen LogP contribution in [0.15, 0.2) is 70.2 Å². The SMILES string of the molecule is O=C(Nc1cccc(NS(=O)(=O)c2ccc(Cl)c([N+](=O)[O-])c2)c1)c1ccco1. The Hall–Kier alpha value is -3.37. The van der Waals surface area contributed by atoms with Crippen LogP contribution in [0.5, 0.6) is 0 Å². The van der Waals surface area contributed by atoms with Crippen molar-refractivity contribution in [3.8, 4) is 0 Å². The molecule has 0 aliphatic heterocycles. The van der Waals surface area contributed by atoms with Crippen molar-refractivity contribution in [3.05, 3.63) is 81.8 Å². The average Bonchev–Trinajstić information content (AvgIpc) is 3.16. The Morgan fingerprint density at radius 1 is 1.07 bits per heavy atom. The van der Waals surface area contributed by atoms with Crippen molar-refractivity contribution in [2.45, 2.75) is 4.90 Å². The van der Waals surface area contributed by atoms with Crippen LogP contribution in [-0.2, 0) is 10.0 Å². The van der Waals surface area contributed by atoms with Crippen LogP contribution in [0.4, 0.5) is 17.1 Å². The van der Waals surface area contributed by atoms with E-state index in [1.807, 2.05) is 0 Å². The number of amides is 1. The van der Waals surface area contributed by atoms with Crippen LogP contribution >= 0.6 is 11.6 Å². The number of halogens is 1. The van der Waals surface area contributed by atoms with E-state index in [0.29, 0.717) is 5.69 Å². The molecule has 0 fully saturated rings. The van der Waals surface area contributed by atoms with E-state index >= 15 is 0 Å². The zero-order valence-corrected chi connectivity index (χ0v) is 15.5. The summed E-state index contributed by atoms with van der Waals surface area (Å²) in [6.07, 6.45) is 1.35. The number of nitro benzene ring substituents is 1. The lowest BCUT2D eigenvalue weighted by Gasteiger charge is -2.10. The third kappa shape index (κ3) is 4.30. The van der Waals surface area contributed by atoms with Gasteiger partial charge in [0.1, 0.15) is 5.02 Å². The van der Waals surface area contributed by atoms with Gasteiger partial charge in [-0.15, -0.1) is 0 Å². The molecule has 0 aliphatic carbocycles. The third-order valence-corrected chi connectivity index (χ3v) is 5.24. The Morgan fingerprint density at radius 2 is 1.82 bits per heavy atom. The maximum Gasteiger partial charge on any atom is 0.291 e. The maximum atomic E-state index is 12.5. The van der Waals surface area contributed by atoms with Gasteiger partial charge in [-0.05, 0) is 42.5 Å². The molecule has 0 bridgehead atoms. The van der Waals surface area contributed by atoms with Crippen LogP contribution in [-0.4, -0.2) is 19.2 Å². The molecular formula is C17H12ClN3O6S. The van der Waals surface area contributed by atoms with Crippen LogP contribution in [0.25, 0.3) is 0 Å². The fraction of sp³-hybridized carbons (Fsp3) is 0. The predicted molar refractivity (Wildman–Crippen MR) is 102 cm³/mol. The molecule has 0 unspecified atom stereocenters. The number of nitrogens with zero attached hydrogens (tertiary/aromatic N) is 1. The van der Waals surface area contributed by atoms with Crippen molar-refractivity contribution < 1.29 is 22.6 Å². The summed E-state index contributed by atoms with van der Waals surface area (Å²) in [5, 5.41) is 13.4. The van der Waals surface area contributed by atoms with Gasteiger partial charge in [0.15, 0.2) is 5.76 Å². The minimum Gasteiger partial charge on any atom is -0.459 e. The molecule has 0 radical (unpaired) electrons. The fourth-order valence-corrected chi connectivity index (χ4v) is 3.53. The van der Waals surface area contributed by atoms with Gasteiger partial charge in [0, 0.05) is 11.8 Å². The Morgan fingerprint density at radius 3 is 2.50 bits per heavy atom. The molecule has 0 spiro atoms. The smallest absolute Gasteiger partial charge is 0.291 e. The molecule has 0 atom stereocenters. The zero-order chi connectivity index (χ0) is 20.3. The Balaban J connectivity index is 1.82. The van der Waals surface area contributed by atoms with E-state index in [1.165, 1.54) is 30.5 Å². The van der Waals surface area contributed by atoms with Gasteiger partial charge >= 0.3 is 0 Å². The third-order valence-electron chi connectivity index (χ3n) is 3.54. The van der Waals surface area contributed by atoms with Gasteiger partial charge in [0.2, 0.25) is 0 Å². The second-order valence-electron chi connectivity index (χ2n) is 5.49. The summed E-state index contributed by atoms with van der Waals surface area (Å²) in [7, 11) is -4.12. The summed E-state index contributed by atoms with van der Waals surface area (Å²) in [6, 6.07) is 12.1. The Bertz CT molecular complexity index is 1150. The lowest BCUT2D eigenvalue weighted by Crippen LogP contribution is -2.14. The number of benzene rings is 2. The predicted octanol–water partition coefficient (Wildman–Crippen LogP) is 3.89. The number of hydrogen-bond donors (Lipinski definition) is 2. The van der Waals surface area contributed by atoms with Gasteiger partial charge < -0.3 is 9.73 Å². The molecule has 28 heavy (non-hydrogen) atoms. The highest BCUT2D eigenvalue weighted by Gasteiger charge is 2.21. The maximum absolute atomic E-state index is 12.5. The average molecular weight is 422 g/mol. The number of nitro groups is 1. The molecule has 1 amide bonds. The number of sulfonamides is 1. The van der Waals surface area contributed by atoms with E-state index < -0.39 is 26.5 Å². The molecule has 9 nitrogen and oxygen atoms in total. The van der Waals surface area contributed by atoms with Crippen molar-refractivity contribution in [2.24, 2.45) is 0 Å². The Labute approximate surface area is 164 Å². The summed E-state index contributed by atoms with van der Waals surface area (Å²) >= 11 is 5.71. The molecular weight excluding hydrogens is 410 g/mol. The molecule has 1 heterocycles. The van der Waals surface area contributed by atoms with E-state index in [-0.39, 0.29) is 21.4 Å². The van der Waals surface area contributed by atoms with Gasteiger partial charge in [-0.2, -0.15) is 0 Å². The van der Waals surface area contributed by atoms with Gasteiger partial charge in [0.05, 0.1) is 21.8 Å². The van der Waals surface area contributed by atoms with Gasteiger partial charge in [-0.3, -0.25) is 19.6 Å². The minimum absolute atomic E-state index is 0.0967. The summed E-state index contributed by atoms with van der Waals surface area (Å²) in [4.78, 5) is 21.9. The first-order valence-corrected chi connectivity index (χ1v) is 9.54.